The van der Waals surface area contributed by atoms with Gasteiger partial charge in [-0.2, -0.15) is 0 Å². The lowest BCUT2D eigenvalue weighted by atomic mass is 9.76. The van der Waals surface area contributed by atoms with E-state index >= 15 is 0 Å². The zero-order valence-electron chi connectivity index (χ0n) is 51.0. The van der Waals surface area contributed by atoms with Gasteiger partial charge in [-0.3, -0.25) is 15.0 Å². The zero-order chi connectivity index (χ0) is 61.3. The van der Waals surface area contributed by atoms with E-state index in [-0.39, 0.29) is 11.8 Å². The second-order valence-electron chi connectivity index (χ2n) is 25.0. The molecule has 0 spiro atoms. The van der Waals surface area contributed by atoms with E-state index in [4.69, 9.17) is 49.8 Å². The largest absolute Gasteiger partial charge is 0.331 e. The van der Waals surface area contributed by atoms with Crippen LogP contribution in [0, 0.1) is 31.6 Å². The molecule has 8 aromatic rings. The van der Waals surface area contributed by atoms with Crippen molar-refractivity contribution in [3.63, 3.8) is 0 Å². The summed E-state index contributed by atoms with van der Waals surface area (Å²) in [7, 11) is 6.65. The normalized spacial score (nSPS) is 19.9. The van der Waals surface area contributed by atoms with Crippen molar-refractivity contribution in [3.05, 3.63) is 223 Å². The minimum absolute atomic E-state index is 0.265. The first kappa shape index (κ1) is 63.1. The topological polar surface area (TPSA) is 84.0 Å². The molecule has 3 aliphatic carbocycles. The summed E-state index contributed by atoms with van der Waals surface area (Å²) in [4.78, 5) is 31.1. The van der Waals surface area contributed by atoms with E-state index in [0.29, 0.717) is 23.7 Å². The van der Waals surface area contributed by atoms with Crippen molar-refractivity contribution < 1.29 is 0 Å². The summed E-state index contributed by atoms with van der Waals surface area (Å²) in [5.41, 5.74) is 18.9. The maximum Gasteiger partial charge on any atom is 0.105 e. The second-order valence-corrected chi connectivity index (χ2v) is 29.1. The summed E-state index contributed by atoms with van der Waals surface area (Å²) in [5.74, 6) is 4.61. The Balaban J connectivity index is 0.000000129. The molecule has 3 saturated heterocycles. The van der Waals surface area contributed by atoms with E-state index < -0.39 is 0 Å². The van der Waals surface area contributed by atoms with E-state index in [1.165, 1.54) is 122 Å². The number of benzene rings is 3. The summed E-state index contributed by atoms with van der Waals surface area (Å²) >= 11 is 30.2. The van der Waals surface area contributed by atoms with Crippen molar-refractivity contribution in [1.82, 2.24) is 48.8 Å². The summed E-state index contributed by atoms with van der Waals surface area (Å²) in [6.45, 7) is 14.6. The van der Waals surface area contributed by atoms with Crippen LogP contribution in [-0.4, -0.2) is 109 Å². The van der Waals surface area contributed by atoms with Crippen molar-refractivity contribution in [1.29, 1.82) is 0 Å². The van der Waals surface area contributed by atoms with Crippen LogP contribution in [0.25, 0.3) is 34.9 Å². The summed E-state index contributed by atoms with van der Waals surface area (Å²) in [6, 6.07) is 25.8. The fraction of sp³-hybridized carbons (Fsp3) is 0.375. The fourth-order valence-corrected chi connectivity index (χ4v) is 16.1. The molecule has 5 aromatic heterocycles. The van der Waals surface area contributed by atoms with E-state index in [1.807, 2.05) is 75.4 Å². The van der Waals surface area contributed by atoms with E-state index in [2.05, 4.69) is 182 Å². The first-order chi connectivity index (χ1) is 42.5. The highest BCUT2D eigenvalue weighted by atomic mass is 79.9. The number of imidazole rings is 2. The van der Waals surface area contributed by atoms with Gasteiger partial charge < -0.3 is 23.8 Å². The Morgan fingerprint density at radius 1 is 0.432 bits per heavy atom. The number of hydrogen-bond donors (Lipinski definition) is 0. The Hall–Kier alpha value is -5.06. The lowest BCUT2D eigenvalue weighted by Gasteiger charge is -2.35. The predicted octanol–water partition coefficient (Wildman–Crippen LogP) is 18.3. The van der Waals surface area contributed by atoms with Crippen LogP contribution in [0.3, 0.4) is 0 Å². The highest BCUT2D eigenvalue weighted by Crippen LogP contribution is 2.49. The van der Waals surface area contributed by atoms with Gasteiger partial charge in [0.05, 0.1) is 17.1 Å². The summed E-state index contributed by atoms with van der Waals surface area (Å²) < 4.78 is 7.44. The molecule has 3 aromatic carbocycles. The highest BCUT2D eigenvalue weighted by molar-refractivity contribution is 9.11. The Bertz CT molecular complexity index is 3760. The van der Waals surface area contributed by atoms with Crippen molar-refractivity contribution in [2.75, 3.05) is 60.4 Å². The molecule has 16 heteroatoms. The number of fused-ring (bicyclic) bond motifs is 6. The first-order valence-electron chi connectivity index (χ1n) is 31.0. The quantitative estimate of drug-likeness (QED) is 0.149. The Morgan fingerprint density at radius 2 is 0.739 bits per heavy atom. The van der Waals surface area contributed by atoms with Gasteiger partial charge in [0.2, 0.25) is 0 Å². The first-order valence-corrected chi connectivity index (χ1v) is 34.6. The average Bonchev–Trinajstić information content (AvgIpc) is 1.78. The van der Waals surface area contributed by atoms with Gasteiger partial charge in [0.25, 0.3) is 0 Å². The van der Waals surface area contributed by atoms with Crippen molar-refractivity contribution >= 4 is 118 Å². The number of piperidine rings is 3. The Morgan fingerprint density at radius 3 is 1.03 bits per heavy atom. The zero-order valence-corrected chi connectivity index (χ0v) is 58.0. The van der Waals surface area contributed by atoms with Gasteiger partial charge in [-0.25, -0.2) is 9.97 Å². The van der Waals surface area contributed by atoms with Crippen LogP contribution in [0.5, 0.6) is 0 Å². The number of pyridine rings is 3. The number of nitrogens with zero attached hydrogens (tertiary/aromatic N) is 10. The fourth-order valence-electron chi connectivity index (χ4n) is 14.5. The molecule has 10 nitrogen and oxygen atoms in total. The van der Waals surface area contributed by atoms with Gasteiger partial charge in [0.1, 0.15) is 11.6 Å². The number of likely N-dealkylation sites (tertiary alicyclic amines) is 3. The number of aromatic nitrogens is 7. The molecule has 0 radical (unpaired) electrons. The lowest BCUT2D eigenvalue weighted by Crippen LogP contribution is -2.33. The summed E-state index contributed by atoms with van der Waals surface area (Å²) in [5, 5.41) is 2.35. The third-order valence-electron chi connectivity index (χ3n) is 19.3. The van der Waals surface area contributed by atoms with Gasteiger partial charge in [-0.1, -0.05) is 66.0 Å². The van der Waals surface area contributed by atoms with Crippen LogP contribution in [0.2, 0.25) is 15.1 Å². The van der Waals surface area contributed by atoms with Crippen molar-refractivity contribution in [2.45, 2.75) is 96.6 Å². The predicted molar refractivity (Wildman–Crippen MR) is 374 cm³/mol. The molecule has 0 saturated carbocycles. The maximum absolute atomic E-state index is 6.46. The number of rotatable bonds is 8. The van der Waals surface area contributed by atoms with Crippen LogP contribution in [-0.2, 0) is 13.1 Å². The molecule has 14 rings (SSSR count). The molecule has 88 heavy (non-hydrogen) atoms. The van der Waals surface area contributed by atoms with E-state index in [9.17, 15) is 0 Å². The molecule has 3 atom stereocenters. The Kier molecular flexibility index (Phi) is 19.9. The number of allylic oxidation sites excluding steroid dienone is 3. The molecule has 8 heterocycles. The van der Waals surface area contributed by atoms with Gasteiger partial charge in [0, 0.05) is 119 Å². The highest BCUT2D eigenvalue weighted by Gasteiger charge is 2.38. The SMILES string of the molecule is CCC1=Cc2cc(Cl)ccc2C(C2CCN(C)CC2)c2ncc(Br)cc21.Cc1nccn1CC1=Cc2cc(Cl)ccc2C(C2CCN(C)CC2)c2ncc(Br)cc21.Cc1nccn1CC1=Cc2cc(Cl)ccc2C(C2CCN(C)CC2)c2ncc(Br)cc21. The van der Waals surface area contributed by atoms with Gasteiger partial charge >= 0.3 is 0 Å². The molecule has 3 unspecified atom stereocenters. The van der Waals surface area contributed by atoms with Crippen molar-refractivity contribution in [2.24, 2.45) is 17.8 Å². The van der Waals surface area contributed by atoms with E-state index in [0.717, 1.165) is 98.9 Å². The molecule has 6 aliphatic rings. The average molecular weight is 1430 g/mol. The van der Waals surface area contributed by atoms with Gasteiger partial charge in [-0.15, -0.1) is 0 Å². The van der Waals surface area contributed by atoms with E-state index in [1.54, 1.807) is 0 Å². The molecule has 0 amide bonds. The lowest BCUT2D eigenvalue weighted by molar-refractivity contribution is 0.206. The van der Waals surface area contributed by atoms with Crippen LogP contribution >= 0.6 is 82.6 Å². The van der Waals surface area contributed by atoms with Crippen molar-refractivity contribution in [3.8, 4) is 0 Å². The second kappa shape index (κ2) is 27.8. The molecule has 3 aliphatic heterocycles. The minimum Gasteiger partial charge on any atom is -0.331 e. The minimum atomic E-state index is 0.265. The molecule has 3 fully saturated rings. The van der Waals surface area contributed by atoms with Crippen LogP contribution in [0.15, 0.2) is 130 Å². The molecular weight excluding hydrogens is 1350 g/mol. The number of halogens is 6. The van der Waals surface area contributed by atoms with Crippen LogP contribution in [0.4, 0.5) is 0 Å². The van der Waals surface area contributed by atoms with Crippen LogP contribution in [0.1, 0.15) is 148 Å². The Labute approximate surface area is 560 Å². The molecule has 0 bridgehead atoms. The smallest absolute Gasteiger partial charge is 0.105 e. The third kappa shape index (κ3) is 13.9. The van der Waals surface area contributed by atoms with Gasteiger partial charge in [-0.05, 0) is 302 Å². The standard InChI is InChI=1S/2C25H26BrClN4.C22H24BrClN2/c2*1-16-28-7-10-31(16)15-19-11-18-12-21(27)3-4-22(18)24(17-5-8-30(2)9-6-17)25-23(19)13-20(26)14-29-25;1-3-14-10-16-11-18(24)4-5-19(16)21(15-6-8-26(2)9-7-15)22-20(14)12-17(23)13-25-22/h2*3-4,7,10-14,17,24H,5-6,8-9,15H2,1-2H3;4-5,10-13,15,21H,3,6-9H2,1-2H3. The summed E-state index contributed by atoms with van der Waals surface area (Å²) in [6.07, 6.45) is 28.7. The molecule has 0 N–H and O–H groups in total. The van der Waals surface area contributed by atoms with Gasteiger partial charge in [0.15, 0.2) is 0 Å². The number of hydrogen-bond acceptors (Lipinski definition) is 8. The third-order valence-corrected chi connectivity index (χ3v) is 21.3. The van der Waals surface area contributed by atoms with Crippen LogP contribution < -0.4 is 0 Å². The monoisotopic (exact) mass is 1420 g/mol. The maximum atomic E-state index is 6.46. The molecular formula is C72H76Br3Cl3N10. The number of aryl methyl sites for hydroxylation is 2. The molecule has 456 valence electrons.